The van der Waals surface area contributed by atoms with E-state index < -0.39 is 11.9 Å². The minimum absolute atomic E-state index is 0.0216. The highest BCUT2D eigenvalue weighted by molar-refractivity contribution is 6.01. The summed E-state index contributed by atoms with van der Waals surface area (Å²) < 4.78 is 4.94. The molecule has 0 aliphatic rings. The largest absolute Gasteiger partial charge is 0.427 e. The van der Waals surface area contributed by atoms with Crippen LogP contribution in [0.4, 0.5) is 0 Å². The molecule has 0 spiro atoms. The van der Waals surface area contributed by atoms with Crippen molar-refractivity contribution in [2.75, 3.05) is 6.54 Å². The summed E-state index contributed by atoms with van der Waals surface area (Å²) in [7, 11) is 0. The number of rotatable bonds is 6. The lowest BCUT2D eigenvalue weighted by Crippen LogP contribution is -2.26. The number of ether oxygens (including phenoxy) is 1. The fourth-order valence-electron chi connectivity index (χ4n) is 2.17. The Morgan fingerprint density at radius 1 is 1.12 bits per heavy atom. The number of esters is 1. The standard InChI is InChI=1S/C20H18N2O3/c1-15(23)25-19-9-7-17(8-10-19)13-18(14-21)20(24)22-12-11-16-5-3-2-4-6-16/h2-10,13H,11-12H2,1H3,(H,22,24)/b18-13+. The van der Waals surface area contributed by atoms with Gasteiger partial charge in [-0.2, -0.15) is 5.26 Å². The highest BCUT2D eigenvalue weighted by atomic mass is 16.5. The predicted octanol–water partition coefficient (Wildman–Crippen LogP) is 2.88. The van der Waals surface area contributed by atoms with Crippen LogP contribution in [0.3, 0.4) is 0 Å². The molecule has 0 saturated heterocycles. The van der Waals surface area contributed by atoms with Gasteiger partial charge in [0.15, 0.2) is 0 Å². The minimum atomic E-state index is -0.414. The van der Waals surface area contributed by atoms with E-state index in [1.54, 1.807) is 24.3 Å². The summed E-state index contributed by atoms with van der Waals surface area (Å²) in [6.45, 7) is 1.77. The molecular weight excluding hydrogens is 316 g/mol. The van der Waals surface area contributed by atoms with E-state index in [-0.39, 0.29) is 5.57 Å². The molecule has 0 heterocycles. The number of hydrogen-bond donors (Lipinski definition) is 1. The van der Waals surface area contributed by atoms with E-state index in [1.165, 1.54) is 13.0 Å². The molecule has 0 aliphatic heterocycles. The Bertz CT molecular complexity index is 803. The maximum atomic E-state index is 12.1. The van der Waals surface area contributed by atoms with E-state index in [2.05, 4.69) is 5.32 Å². The molecule has 2 aromatic carbocycles. The Balaban J connectivity index is 1.95. The third-order valence-electron chi connectivity index (χ3n) is 3.36. The zero-order valence-electron chi connectivity index (χ0n) is 13.9. The number of amides is 1. The maximum Gasteiger partial charge on any atom is 0.308 e. The molecule has 25 heavy (non-hydrogen) atoms. The minimum Gasteiger partial charge on any atom is -0.427 e. The summed E-state index contributed by atoms with van der Waals surface area (Å²) in [6, 6.07) is 18.3. The Morgan fingerprint density at radius 2 is 1.80 bits per heavy atom. The van der Waals surface area contributed by atoms with Crippen LogP contribution in [-0.2, 0) is 16.0 Å². The summed E-state index contributed by atoms with van der Waals surface area (Å²) >= 11 is 0. The first-order valence-corrected chi connectivity index (χ1v) is 7.81. The van der Waals surface area contributed by atoms with Crippen molar-refractivity contribution in [3.63, 3.8) is 0 Å². The molecule has 0 aliphatic carbocycles. The van der Waals surface area contributed by atoms with Crippen molar-refractivity contribution in [2.24, 2.45) is 0 Å². The normalized spacial score (nSPS) is 10.6. The number of nitrogens with zero attached hydrogens (tertiary/aromatic N) is 1. The molecule has 2 aromatic rings. The van der Waals surface area contributed by atoms with Crippen LogP contribution in [0.15, 0.2) is 60.2 Å². The van der Waals surface area contributed by atoms with Crippen molar-refractivity contribution in [1.82, 2.24) is 5.32 Å². The molecule has 1 N–H and O–H groups in total. The molecule has 0 atom stereocenters. The van der Waals surface area contributed by atoms with E-state index >= 15 is 0 Å². The molecule has 0 radical (unpaired) electrons. The Kier molecular flexibility index (Phi) is 6.49. The molecule has 1 amide bonds. The van der Waals surface area contributed by atoms with E-state index in [1.807, 2.05) is 36.4 Å². The highest BCUT2D eigenvalue weighted by Gasteiger charge is 2.08. The summed E-state index contributed by atoms with van der Waals surface area (Å²) in [5.74, 6) is -0.406. The monoisotopic (exact) mass is 334 g/mol. The average Bonchev–Trinajstić information content (AvgIpc) is 2.61. The molecule has 0 aromatic heterocycles. The zero-order valence-corrected chi connectivity index (χ0v) is 13.9. The van der Waals surface area contributed by atoms with E-state index in [4.69, 9.17) is 4.74 Å². The summed E-state index contributed by atoms with van der Waals surface area (Å²) in [5, 5.41) is 11.9. The summed E-state index contributed by atoms with van der Waals surface area (Å²) in [6.07, 6.45) is 2.19. The van der Waals surface area contributed by atoms with Crippen LogP contribution in [0.1, 0.15) is 18.1 Å². The first kappa shape index (κ1) is 18.0. The van der Waals surface area contributed by atoms with Crippen molar-refractivity contribution in [2.45, 2.75) is 13.3 Å². The number of carbonyl (C=O) groups excluding carboxylic acids is 2. The molecule has 126 valence electrons. The van der Waals surface area contributed by atoms with Crippen LogP contribution in [0.25, 0.3) is 6.08 Å². The average molecular weight is 334 g/mol. The quantitative estimate of drug-likeness (QED) is 0.381. The van der Waals surface area contributed by atoms with Gasteiger partial charge < -0.3 is 10.1 Å². The van der Waals surface area contributed by atoms with Gasteiger partial charge in [-0.3, -0.25) is 9.59 Å². The second-order valence-corrected chi connectivity index (χ2v) is 5.32. The number of nitrogens with one attached hydrogen (secondary N) is 1. The van der Waals surface area contributed by atoms with Crippen molar-refractivity contribution in [1.29, 1.82) is 5.26 Å². The number of nitriles is 1. The fourth-order valence-corrected chi connectivity index (χ4v) is 2.17. The summed E-state index contributed by atoms with van der Waals surface area (Å²) in [5.41, 5.74) is 1.81. The van der Waals surface area contributed by atoms with E-state index in [0.29, 0.717) is 24.3 Å². The second kappa shape index (κ2) is 9.04. The van der Waals surface area contributed by atoms with Crippen LogP contribution < -0.4 is 10.1 Å². The van der Waals surface area contributed by atoms with Gasteiger partial charge in [0.2, 0.25) is 0 Å². The molecule has 0 unspecified atom stereocenters. The number of hydrogen-bond acceptors (Lipinski definition) is 4. The van der Waals surface area contributed by atoms with Gasteiger partial charge in [-0.25, -0.2) is 0 Å². The van der Waals surface area contributed by atoms with E-state index in [0.717, 1.165) is 5.56 Å². The smallest absolute Gasteiger partial charge is 0.308 e. The van der Waals surface area contributed by atoms with E-state index in [9.17, 15) is 14.9 Å². The van der Waals surface area contributed by atoms with Crippen LogP contribution in [0.2, 0.25) is 0 Å². The Labute approximate surface area is 146 Å². The maximum absolute atomic E-state index is 12.1. The summed E-state index contributed by atoms with van der Waals surface area (Å²) in [4.78, 5) is 23.0. The first-order valence-electron chi connectivity index (χ1n) is 7.81. The third kappa shape index (κ3) is 5.96. The Morgan fingerprint density at radius 3 is 2.40 bits per heavy atom. The zero-order chi connectivity index (χ0) is 18.1. The number of carbonyl (C=O) groups is 2. The molecular formula is C20H18N2O3. The van der Waals surface area contributed by atoms with Gasteiger partial charge in [0.25, 0.3) is 5.91 Å². The van der Waals surface area contributed by atoms with Crippen molar-refractivity contribution in [3.8, 4) is 11.8 Å². The molecule has 0 bridgehead atoms. The van der Waals surface area contributed by atoms with Crippen LogP contribution in [-0.4, -0.2) is 18.4 Å². The van der Waals surface area contributed by atoms with Gasteiger partial charge in [0.1, 0.15) is 17.4 Å². The second-order valence-electron chi connectivity index (χ2n) is 5.32. The van der Waals surface area contributed by atoms with Crippen molar-refractivity contribution >= 4 is 18.0 Å². The molecule has 0 saturated carbocycles. The van der Waals surface area contributed by atoms with Crippen LogP contribution in [0.5, 0.6) is 5.75 Å². The van der Waals surface area contributed by atoms with Gasteiger partial charge >= 0.3 is 5.97 Å². The van der Waals surface area contributed by atoms with Crippen LogP contribution >= 0.6 is 0 Å². The molecule has 0 fully saturated rings. The lowest BCUT2D eigenvalue weighted by atomic mass is 10.1. The van der Waals surface area contributed by atoms with Gasteiger partial charge in [0, 0.05) is 13.5 Å². The van der Waals surface area contributed by atoms with Crippen molar-refractivity contribution in [3.05, 3.63) is 71.3 Å². The fraction of sp³-hybridized carbons (Fsp3) is 0.150. The lowest BCUT2D eigenvalue weighted by Gasteiger charge is -2.05. The van der Waals surface area contributed by atoms with Gasteiger partial charge in [-0.1, -0.05) is 42.5 Å². The molecule has 2 rings (SSSR count). The molecule has 5 nitrogen and oxygen atoms in total. The van der Waals surface area contributed by atoms with Crippen LogP contribution in [0, 0.1) is 11.3 Å². The SMILES string of the molecule is CC(=O)Oc1ccc(/C=C(\C#N)C(=O)NCCc2ccccc2)cc1. The van der Waals surface area contributed by atoms with Crippen molar-refractivity contribution < 1.29 is 14.3 Å². The number of benzene rings is 2. The third-order valence-corrected chi connectivity index (χ3v) is 3.36. The van der Waals surface area contributed by atoms with Gasteiger partial charge in [0.05, 0.1) is 0 Å². The predicted molar refractivity (Wildman–Crippen MR) is 94.5 cm³/mol. The lowest BCUT2D eigenvalue weighted by molar-refractivity contribution is -0.131. The highest BCUT2D eigenvalue weighted by Crippen LogP contribution is 2.14. The molecule has 5 heteroatoms. The Hall–Kier alpha value is -3.39. The topological polar surface area (TPSA) is 79.2 Å². The van der Waals surface area contributed by atoms with Gasteiger partial charge in [-0.05, 0) is 35.8 Å². The van der Waals surface area contributed by atoms with Gasteiger partial charge in [-0.15, -0.1) is 0 Å². The first-order chi connectivity index (χ1) is 12.1.